The quantitative estimate of drug-likeness (QED) is 0.638. The maximum absolute atomic E-state index is 14.1. The van der Waals surface area contributed by atoms with Crippen molar-refractivity contribution in [2.24, 2.45) is 4.99 Å². The van der Waals surface area contributed by atoms with Crippen LogP contribution in [0.1, 0.15) is 71.1 Å². The number of amidine groups is 1. The van der Waals surface area contributed by atoms with E-state index in [0.717, 1.165) is 44.6 Å². The fraction of sp³-hybridized carbons (Fsp3) is 0.615. The summed E-state index contributed by atoms with van der Waals surface area (Å²) in [4.78, 5) is 22.8. The number of aliphatic imine (C=N–C) groups is 1. The Morgan fingerprint density at radius 2 is 2.06 bits per heavy atom. The predicted octanol–water partition coefficient (Wildman–Crippen LogP) is 5.42. The van der Waals surface area contributed by atoms with Gasteiger partial charge in [0.15, 0.2) is 0 Å². The van der Waals surface area contributed by atoms with E-state index in [0.29, 0.717) is 11.7 Å². The third-order valence-electron chi connectivity index (χ3n) is 7.86. The molecule has 5 nitrogen and oxygen atoms in total. The van der Waals surface area contributed by atoms with Crippen LogP contribution in [-0.2, 0) is 0 Å². The van der Waals surface area contributed by atoms with Gasteiger partial charge in [0, 0.05) is 24.8 Å². The highest BCUT2D eigenvalue weighted by Crippen LogP contribution is 2.41. The van der Waals surface area contributed by atoms with E-state index >= 15 is 0 Å². The highest BCUT2D eigenvalue weighted by Gasteiger charge is 2.54. The molecule has 5 rings (SSSR count). The van der Waals surface area contributed by atoms with Gasteiger partial charge in [0.05, 0.1) is 6.04 Å². The molecule has 1 saturated carbocycles. The van der Waals surface area contributed by atoms with Crippen LogP contribution in [0.15, 0.2) is 40.9 Å². The number of carbonyl (C=O) groups is 1. The SMILES string of the molecule is C[C@@H]1C[C@@]2(CCN1CC1=CCCC1)C(=NC1CCCCC1)NC(=O)N2c1cccc(F)c1. The molecule has 2 amide bonds. The molecule has 1 N–H and O–H groups in total. The van der Waals surface area contributed by atoms with Crippen molar-refractivity contribution in [2.75, 3.05) is 18.0 Å². The number of halogens is 1. The van der Waals surface area contributed by atoms with Gasteiger partial charge in [0.25, 0.3) is 0 Å². The average Bonchev–Trinajstić information content (AvgIpc) is 3.37. The van der Waals surface area contributed by atoms with Gasteiger partial charge in [-0.2, -0.15) is 0 Å². The summed E-state index contributed by atoms with van der Waals surface area (Å²) in [5.74, 6) is 0.493. The summed E-state index contributed by atoms with van der Waals surface area (Å²) in [6, 6.07) is 6.85. The van der Waals surface area contributed by atoms with E-state index in [2.05, 4.69) is 23.2 Å². The van der Waals surface area contributed by atoms with Crippen LogP contribution >= 0.6 is 0 Å². The average molecular weight is 439 g/mol. The standard InChI is InChI=1S/C26H35FN4O/c1-19-17-26(14-15-30(19)18-20-8-5-6-9-20)24(28-22-11-3-2-4-12-22)29-25(32)31(26)23-13-7-10-21(27)16-23/h7-8,10,13,16,19,22H,2-6,9,11-12,14-15,17-18H2,1H3,(H,28,29,32)/t19-,26+/m1/s1. The highest BCUT2D eigenvalue weighted by molar-refractivity contribution is 6.19. The molecule has 2 heterocycles. The number of anilines is 1. The Balaban J connectivity index is 1.47. The van der Waals surface area contributed by atoms with E-state index in [-0.39, 0.29) is 17.9 Å². The zero-order valence-electron chi connectivity index (χ0n) is 19.2. The first-order chi connectivity index (χ1) is 15.5. The molecule has 3 fully saturated rings. The van der Waals surface area contributed by atoms with Crippen molar-refractivity contribution in [3.05, 3.63) is 41.7 Å². The Kier molecular flexibility index (Phi) is 6.06. The number of nitrogens with one attached hydrogen (secondary N) is 1. The van der Waals surface area contributed by atoms with Crippen LogP contribution in [0.2, 0.25) is 0 Å². The summed E-state index contributed by atoms with van der Waals surface area (Å²) in [5, 5.41) is 3.12. The third kappa shape index (κ3) is 4.09. The molecule has 1 aromatic carbocycles. The normalized spacial score (nSPS) is 30.9. The number of allylic oxidation sites excluding steroid dienone is 1. The van der Waals surface area contributed by atoms with E-state index in [1.165, 1.54) is 50.7 Å². The topological polar surface area (TPSA) is 47.9 Å². The molecule has 2 atom stereocenters. The molecular weight excluding hydrogens is 403 g/mol. The van der Waals surface area contributed by atoms with Crippen molar-refractivity contribution < 1.29 is 9.18 Å². The Morgan fingerprint density at radius 1 is 1.22 bits per heavy atom. The molecule has 1 spiro atoms. The first kappa shape index (κ1) is 21.6. The predicted molar refractivity (Wildman–Crippen MR) is 127 cm³/mol. The fourth-order valence-corrected chi connectivity index (χ4v) is 6.16. The molecular formula is C26H35FN4O. The molecule has 0 unspecified atom stereocenters. The summed E-state index contributed by atoms with van der Waals surface area (Å²) >= 11 is 0. The number of hydrogen-bond acceptors (Lipinski definition) is 3. The molecule has 0 radical (unpaired) electrons. The first-order valence-electron chi connectivity index (χ1n) is 12.4. The lowest BCUT2D eigenvalue weighted by Crippen LogP contribution is -2.60. The molecule has 6 heteroatoms. The van der Waals surface area contributed by atoms with Crippen LogP contribution in [-0.4, -0.2) is 47.5 Å². The van der Waals surface area contributed by atoms with Gasteiger partial charge in [-0.25, -0.2) is 9.18 Å². The Bertz CT molecular complexity index is 922. The second-order valence-corrected chi connectivity index (χ2v) is 10.1. The van der Waals surface area contributed by atoms with Gasteiger partial charge in [-0.1, -0.05) is 37.0 Å². The lowest BCUT2D eigenvalue weighted by atomic mass is 9.81. The number of nitrogens with zero attached hydrogens (tertiary/aromatic N) is 3. The first-order valence-corrected chi connectivity index (χ1v) is 12.4. The minimum atomic E-state index is -0.525. The van der Waals surface area contributed by atoms with E-state index in [9.17, 15) is 9.18 Å². The number of piperidine rings is 1. The summed E-state index contributed by atoms with van der Waals surface area (Å²) in [6.07, 6.45) is 13.5. The third-order valence-corrected chi connectivity index (χ3v) is 7.86. The number of amides is 2. The van der Waals surface area contributed by atoms with Crippen molar-refractivity contribution in [3.63, 3.8) is 0 Å². The molecule has 2 aliphatic carbocycles. The lowest BCUT2D eigenvalue weighted by molar-refractivity contribution is 0.141. The Hall–Kier alpha value is -2.21. The van der Waals surface area contributed by atoms with Gasteiger partial charge < -0.3 is 0 Å². The van der Waals surface area contributed by atoms with Crippen LogP contribution < -0.4 is 10.2 Å². The van der Waals surface area contributed by atoms with E-state index in [4.69, 9.17) is 4.99 Å². The molecule has 0 bridgehead atoms. The second kappa shape index (κ2) is 8.97. The second-order valence-electron chi connectivity index (χ2n) is 10.1. The van der Waals surface area contributed by atoms with E-state index in [1.807, 2.05) is 6.07 Å². The number of urea groups is 1. The number of carbonyl (C=O) groups excluding carboxylic acids is 1. The molecule has 172 valence electrons. The molecule has 2 saturated heterocycles. The number of hydrogen-bond donors (Lipinski definition) is 1. The van der Waals surface area contributed by atoms with Gasteiger partial charge in [-0.3, -0.25) is 20.1 Å². The highest BCUT2D eigenvalue weighted by atomic mass is 19.1. The van der Waals surface area contributed by atoms with Crippen LogP contribution in [0.25, 0.3) is 0 Å². The molecule has 32 heavy (non-hydrogen) atoms. The molecule has 1 aromatic rings. The molecule has 4 aliphatic rings. The van der Waals surface area contributed by atoms with Crippen molar-refractivity contribution in [2.45, 2.75) is 88.8 Å². The Morgan fingerprint density at radius 3 is 2.78 bits per heavy atom. The number of benzene rings is 1. The summed E-state index contributed by atoms with van der Waals surface area (Å²) in [5.41, 5.74) is 1.64. The lowest BCUT2D eigenvalue weighted by Gasteiger charge is -2.47. The van der Waals surface area contributed by atoms with E-state index < -0.39 is 5.54 Å². The van der Waals surface area contributed by atoms with Gasteiger partial charge in [0.1, 0.15) is 17.2 Å². The van der Waals surface area contributed by atoms with Crippen molar-refractivity contribution in [1.82, 2.24) is 10.2 Å². The van der Waals surface area contributed by atoms with Gasteiger partial charge in [-0.05, 0) is 70.1 Å². The number of likely N-dealkylation sites (tertiary alicyclic amines) is 1. The van der Waals surface area contributed by atoms with Crippen LogP contribution in [0.4, 0.5) is 14.9 Å². The zero-order valence-corrected chi connectivity index (χ0v) is 19.2. The zero-order chi connectivity index (χ0) is 22.1. The van der Waals surface area contributed by atoms with Gasteiger partial charge in [0.2, 0.25) is 0 Å². The van der Waals surface area contributed by atoms with Crippen LogP contribution in [0.3, 0.4) is 0 Å². The maximum atomic E-state index is 14.1. The smallest absolute Gasteiger partial charge is 0.297 e. The summed E-state index contributed by atoms with van der Waals surface area (Å²) in [6.45, 7) is 4.19. The van der Waals surface area contributed by atoms with Crippen molar-refractivity contribution in [1.29, 1.82) is 0 Å². The maximum Gasteiger partial charge on any atom is 0.328 e. The largest absolute Gasteiger partial charge is 0.328 e. The Labute approximate surface area is 190 Å². The summed E-state index contributed by atoms with van der Waals surface area (Å²) in [7, 11) is 0. The molecule has 2 aliphatic heterocycles. The van der Waals surface area contributed by atoms with E-state index in [1.54, 1.807) is 16.5 Å². The molecule has 0 aromatic heterocycles. The monoisotopic (exact) mass is 438 g/mol. The minimum Gasteiger partial charge on any atom is -0.297 e. The number of rotatable bonds is 4. The fourth-order valence-electron chi connectivity index (χ4n) is 6.16. The van der Waals surface area contributed by atoms with Crippen LogP contribution in [0, 0.1) is 5.82 Å². The summed E-state index contributed by atoms with van der Waals surface area (Å²) < 4.78 is 14.1. The van der Waals surface area contributed by atoms with Crippen molar-refractivity contribution in [3.8, 4) is 0 Å². The van der Waals surface area contributed by atoms with Gasteiger partial charge >= 0.3 is 6.03 Å². The minimum absolute atomic E-state index is 0.177. The van der Waals surface area contributed by atoms with Gasteiger partial charge in [-0.15, -0.1) is 0 Å². The van der Waals surface area contributed by atoms with Crippen molar-refractivity contribution >= 4 is 17.6 Å². The van der Waals surface area contributed by atoms with Crippen LogP contribution in [0.5, 0.6) is 0 Å².